The molecule has 0 aliphatic carbocycles. The molecule has 0 radical (unpaired) electrons. The molecule has 0 unspecified atom stereocenters. The van der Waals surface area contributed by atoms with Gasteiger partial charge in [0.05, 0.1) is 0 Å². The SMILES string of the molecule is CCNCc1cccnc1N1CCC(C)(C)C1. The minimum atomic E-state index is 0.424. The Labute approximate surface area is 104 Å². The summed E-state index contributed by atoms with van der Waals surface area (Å²) in [6, 6.07) is 4.20. The summed E-state index contributed by atoms with van der Waals surface area (Å²) in [4.78, 5) is 6.99. The predicted molar refractivity (Wildman–Crippen MR) is 72.2 cm³/mol. The van der Waals surface area contributed by atoms with Crippen LogP contribution in [0, 0.1) is 5.41 Å². The number of anilines is 1. The maximum atomic E-state index is 4.57. The van der Waals surface area contributed by atoms with Gasteiger partial charge in [0.2, 0.25) is 0 Å². The molecule has 1 N–H and O–H groups in total. The summed E-state index contributed by atoms with van der Waals surface area (Å²) in [6.07, 6.45) is 3.15. The molecule has 0 bridgehead atoms. The van der Waals surface area contributed by atoms with E-state index in [4.69, 9.17) is 0 Å². The Morgan fingerprint density at radius 2 is 2.29 bits per heavy atom. The molecule has 0 aromatic carbocycles. The first-order chi connectivity index (χ1) is 8.12. The topological polar surface area (TPSA) is 28.2 Å². The normalized spacial score (nSPS) is 18.6. The number of nitrogens with one attached hydrogen (secondary N) is 1. The third-order valence-corrected chi connectivity index (χ3v) is 3.41. The zero-order chi connectivity index (χ0) is 12.3. The lowest BCUT2D eigenvalue weighted by atomic mass is 9.93. The van der Waals surface area contributed by atoms with Crippen LogP contribution in [-0.2, 0) is 6.54 Å². The summed E-state index contributed by atoms with van der Waals surface area (Å²) in [6.45, 7) is 11.0. The molecule has 0 atom stereocenters. The first-order valence-electron chi connectivity index (χ1n) is 6.52. The summed E-state index contributed by atoms with van der Waals surface area (Å²) in [7, 11) is 0. The predicted octanol–water partition coefficient (Wildman–Crippen LogP) is 2.43. The number of hydrogen-bond acceptors (Lipinski definition) is 3. The Morgan fingerprint density at radius 3 is 2.94 bits per heavy atom. The van der Waals surface area contributed by atoms with E-state index in [-0.39, 0.29) is 0 Å². The van der Waals surface area contributed by atoms with Crippen LogP contribution in [0.3, 0.4) is 0 Å². The summed E-state index contributed by atoms with van der Waals surface area (Å²) >= 11 is 0. The molecular formula is C14H23N3. The summed E-state index contributed by atoms with van der Waals surface area (Å²) < 4.78 is 0. The molecule has 17 heavy (non-hydrogen) atoms. The summed E-state index contributed by atoms with van der Waals surface area (Å²) in [5, 5.41) is 3.38. The second kappa shape index (κ2) is 5.05. The van der Waals surface area contributed by atoms with E-state index in [0.29, 0.717) is 5.41 Å². The minimum absolute atomic E-state index is 0.424. The Balaban J connectivity index is 2.15. The average Bonchev–Trinajstić information content (AvgIpc) is 2.67. The summed E-state index contributed by atoms with van der Waals surface area (Å²) in [5.41, 5.74) is 1.74. The Morgan fingerprint density at radius 1 is 1.47 bits per heavy atom. The van der Waals surface area contributed by atoms with Gasteiger partial charge >= 0.3 is 0 Å². The van der Waals surface area contributed by atoms with Crippen molar-refractivity contribution in [2.24, 2.45) is 5.41 Å². The van der Waals surface area contributed by atoms with E-state index in [9.17, 15) is 0 Å². The summed E-state index contributed by atoms with van der Waals surface area (Å²) in [5.74, 6) is 1.17. The van der Waals surface area contributed by atoms with Crippen LogP contribution in [0.25, 0.3) is 0 Å². The number of nitrogens with zero attached hydrogens (tertiary/aromatic N) is 2. The monoisotopic (exact) mass is 233 g/mol. The molecule has 1 aliphatic heterocycles. The number of pyridine rings is 1. The van der Waals surface area contributed by atoms with E-state index in [0.717, 1.165) is 26.2 Å². The van der Waals surface area contributed by atoms with Crippen molar-refractivity contribution in [3.63, 3.8) is 0 Å². The van der Waals surface area contributed by atoms with Gasteiger partial charge in [-0.15, -0.1) is 0 Å². The van der Waals surface area contributed by atoms with Gasteiger partial charge in [0.1, 0.15) is 5.82 Å². The van der Waals surface area contributed by atoms with Crippen LogP contribution in [0.1, 0.15) is 32.8 Å². The molecular weight excluding hydrogens is 210 g/mol. The number of hydrogen-bond donors (Lipinski definition) is 1. The van der Waals surface area contributed by atoms with Crippen LogP contribution in [0.5, 0.6) is 0 Å². The lowest BCUT2D eigenvalue weighted by Gasteiger charge is -2.23. The highest BCUT2D eigenvalue weighted by atomic mass is 15.2. The molecule has 0 spiro atoms. The molecule has 3 heteroatoms. The number of rotatable bonds is 4. The molecule has 1 aromatic rings. The molecule has 0 amide bonds. The van der Waals surface area contributed by atoms with Gasteiger partial charge < -0.3 is 10.2 Å². The van der Waals surface area contributed by atoms with Crippen molar-refractivity contribution in [2.75, 3.05) is 24.5 Å². The van der Waals surface area contributed by atoms with Crippen molar-refractivity contribution in [1.29, 1.82) is 0 Å². The second-order valence-electron chi connectivity index (χ2n) is 5.60. The molecule has 1 aromatic heterocycles. The zero-order valence-electron chi connectivity index (χ0n) is 11.2. The fourth-order valence-corrected chi connectivity index (χ4v) is 2.41. The van der Waals surface area contributed by atoms with Crippen LogP contribution in [0.4, 0.5) is 5.82 Å². The van der Waals surface area contributed by atoms with Gasteiger partial charge in [-0.2, -0.15) is 0 Å². The van der Waals surface area contributed by atoms with Crippen molar-refractivity contribution < 1.29 is 0 Å². The highest BCUT2D eigenvalue weighted by Crippen LogP contribution is 2.32. The average molecular weight is 233 g/mol. The van der Waals surface area contributed by atoms with Gasteiger partial charge in [0.25, 0.3) is 0 Å². The smallest absolute Gasteiger partial charge is 0.133 e. The lowest BCUT2D eigenvalue weighted by Crippen LogP contribution is -2.26. The van der Waals surface area contributed by atoms with Crippen molar-refractivity contribution in [1.82, 2.24) is 10.3 Å². The fourth-order valence-electron chi connectivity index (χ4n) is 2.41. The molecule has 1 aliphatic rings. The van der Waals surface area contributed by atoms with Gasteiger partial charge in [0.15, 0.2) is 0 Å². The molecule has 1 saturated heterocycles. The Bertz CT molecular complexity index is 373. The van der Waals surface area contributed by atoms with Gasteiger partial charge in [-0.1, -0.05) is 26.8 Å². The van der Waals surface area contributed by atoms with E-state index in [1.54, 1.807) is 0 Å². The fraction of sp³-hybridized carbons (Fsp3) is 0.643. The molecule has 2 rings (SSSR count). The third-order valence-electron chi connectivity index (χ3n) is 3.41. The van der Waals surface area contributed by atoms with E-state index in [2.05, 4.69) is 42.0 Å². The largest absolute Gasteiger partial charge is 0.356 e. The molecule has 0 saturated carbocycles. The van der Waals surface area contributed by atoms with E-state index in [1.807, 2.05) is 12.3 Å². The first kappa shape index (κ1) is 12.4. The van der Waals surface area contributed by atoms with Crippen LogP contribution >= 0.6 is 0 Å². The lowest BCUT2D eigenvalue weighted by molar-refractivity contribution is 0.418. The Kier molecular flexibility index (Phi) is 3.67. The highest BCUT2D eigenvalue weighted by molar-refractivity contribution is 5.48. The van der Waals surface area contributed by atoms with Crippen LogP contribution in [-0.4, -0.2) is 24.6 Å². The quantitative estimate of drug-likeness (QED) is 0.865. The second-order valence-corrected chi connectivity index (χ2v) is 5.60. The first-order valence-corrected chi connectivity index (χ1v) is 6.52. The molecule has 3 nitrogen and oxygen atoms in total. The van der Waals surface area contributed by atoms with Gasteiger partial charge in [0, 0.05) is 31.4 Å². The van der Waals surface area contributed by atoms with Crippen molar-refractivity contribution >= 4 is 5.82 Å². The minimum Gasteiger partial charge on any atom is -0.356 e. The van der Waals surface area contributed by atoms with E-state index >= 15 is 0 Å². The standard InChI is InChI=1S/C14H23N3/c1-4-15-10-12-6-5-8-16-13(12)17-9-7-14(2,3)11-17/h5-6,8,15H,4,7,9-11H2,1-3H3. The van der Waals surface area contributed by atoms with E-state index in [1.165, 1.54) is 17.8 Å². The van der Waals surface area contributed by atoms with Crippen LogP contribution in [0.2, 0.25) is 0 Å². The maximum Gasteiger partial charge on any atom is 0.133 e. The van der Waals surface area contributed by atoms with E-state index < -0.39 is 0 Å². The molecule has 2 heterocycles. The van der Waals surface area contributed by atoms with Crippen LogP contribution in [0.15, 0.2) is 18.3 Å². The molecule has 94 valence electrons. The van der Waals surface area contributed by atoms with Crippen molar-refractivity contribution in [3.8, 4) is 0 Å². The van der Waals surface area contributed by atoms with Gasteiger partial charge in [-0.25, -0.2) is 4.98 Å². The van der Waals surface area contributed by atoms with Gasteiger partial charge in [-0.05, 0) is 24.4 Å². The van der Waals surface area contributed by atoms with Crippen molar-refractivity contribution in [3.05, 3.63) is 23.9 Å². The maximum absolute atomic E-state index is 4.57. The molecule has 1 fully saturated rings. The third kappa shape index (κ3) is 2.97. The van der Waals surface area contributed by atoms with Crippen molar-refractivity contribution in [2.45, 2.75) is 33.7 Å². The Hall–Kier alpha value is -1.09. The van der Waals surface area contributed by atoms with Crippen LogP contribution < -0.4 is 10.2 Å². The number of aromatic nitrogens is 1. The highest BCUT2D eigenvalue weighted by Gasteiger charge is 2.30. The zero-order valence-corrected chi connectivity index (χ0v) is 11.2. The van der Waals surface area contributed by atoms with Gasteiger partial charge in [-0.3, -0.25) is 0 Å².